The fourth-order valence-corrected chi connectivity index (χ4v) is 3.09. The van der Waals surface area contributed by atoms with E-state index in [1.807, 2.05) is 0 Å². The smallest absolute Gasteiger partial charge is 0.314 e. The van der Waals surface area contributed by atoms with Crippen molar-refractivity contribution < 1.29 is 9.09 Å². The van der Waals surface area contributed by atoms with Gasteiger partial charge in [-0.15, -0.1) is 0 Å². The predicted molar refractivity (Wildman–Crippen MR) is 96.0 cm³/mol. The highest BCUT2D eigenvalue weighted by Gasteiger charge is 2.18. The van der Waals surface area contributed by atoms with Crippen LogP contribution in [0.2, 0.25) is 0 Å². The number of nitrogens with zero attached hydrogens (tertiary/aromatic N) is 3. The van der Waals surface area contributed by atoms with Gasteiger partial charge in [-0.3, -0.25) is 9.42 Å². The van der Waals surface area contributed by atoms with Crippen molar-refractivity contribution >= 4 is 8.69 Å². The van der Waals surface area contributed by atoms with Crippen LogP contribution in [0.15, 0.2) is 0 Å². The highest BCUT2D eigenvalue weighted by atomic mass is 31.1. The third-order valence-corrected chi connectivity index (χ3v) is 4.33. The van der Waals surface area contributed by atoms with Crippen LogP contribution in [-0.2, 0) is 9.09 Å². The van der Waals surface area contributed by atoms with E-state index in [1.54, 1.807) is 0 Å². The minimum Gasteiger partial charge on any atom is -0.314 e. The molecule has 1 saturated heterocycles. The van der Waals surface area contributed by atoms with Gasteiger partial charge in [0, 0.05) is 58.9 Å². The van der Waals surface area contributed by atoms with Gasteiger partial charge in [0.2, 0.25) is 0 Å². The lowest BCUT2D eigenvalue weighted by Gasteiger charge is -2.34. The Kier molecular flexibility index (Phi) is 10.4. The Balaban J connectivity index is 2.63. The number of likely N-dealkylation sites (N-methyl/N-ethyl adjacent to an activating group) is 1. The number of hydrogen-bond donors (Lipinski definition) is 1. The molecule has 1 N–H and O–H groups in total. The molecule has 0 atom stereocenters. The van der Waals surface area contributed by atoms with Crippen LogP contribution in [-0.4, -0.2) is 86.9 Å². The van der Waals surface area contributed by atoms with Crippen LogP contribution < -0.4 is 5.32 Å². The largest absolute Gasteiger partial charge is 0.328 e. The van der Waals surface area contributed by atoms with Gasteiger partial charge in [0.15, 0.2) is 0 Å². The normalized spacial score (nSPS) is 21.9. The van der Waals surface area contributed by atoms with Crippen LogP contribution in [0.3, 0.4) is 0 Å². The first-order valence-corrected chi connectivity index (χ1v) is 9.50. The summed E-state index contributed by atoms with van der Waals surface area (Å²) in [7, 11) is -0.236. The van der Waals surface area contributed by atoms with Gasteiger partial charge in [0.25, 0.3) is 0 Å². The van der Waals surface area contributed by atoms with Crippen molar-refractivity contribution in [1.29, 1.82) is 0 Å². The molecule has 1 heterocycles. The second kappa shape index (κ2) is 11.5. The highest BCUT2D eigenvalue weighted by Crippen LogP contribution is 2.15. The van der Waals surface area contributed by atoms with Gasteiger partial charge in [0.1, 0.15) is 6.73 Å². The Morgan fingerprint density at radius 2 is 1.52 bits per heavy atom. The molecule has 0 aromatic carbocycles. The quantitative estimate of drug-likeness (QED) is 0.766. The predicted octanol–water partition coefficient (Wildman–Crippen LogP) is 1.74. The molecule has 0 amide bonds. The molecule has 0 spiro atoms. The molecule has 0 saturated carbocycles. The summed E-state index contributed by atoms with van der Waals surface area (Å²) >= 11 is 0. The molecule has 1 aliphatic heterocycles. The van der Waals surface area contributed by atoms with E-state index in [9.17, 15) is 4.57 Å². The van der Waals surface area contributed by atoms with Gasteiger partial charge in [-0.1, -0.05) is 27.7 Å². The van der Waals surface area contributed by atoms with Crippen LogP contribution in [0.4, 0.5) is 0 Å². The molecule has 23 heavy (non-hydrogen) atoms. The number of rotatable bonds is 5. The van der Waals surface area contributed by atoms with Crippen LogP contribution in [0.1, 0.15) is 27.7 Å². The summed E-state index contributed by atoms with van der Waals surface area (Å²) in [6.07, 6.45) is 0. The summed E-state index contributed by atoms with van der Waals surface area (Å²) in [6, 6.07) is 0. The molecular weight excluding hydrogens is 311 g/mol. The van der Waals surface area contributed by atoms with Gasteiger partial charge in [0.05, 0.1) is 0 Å². The summed E-state index contributed by atoms with van der Waals surface area (Å²) < 4.78 is 15.6. The van der Waals surface area contributed by atoms with Crippen LogP contribution in [0.25, 0.3) is 0 Å². The Hall–Kier alpha value is -0.100. The molecule has 136 valence electrons. The molecular formula is C16H35N4O2P. The van der Waals surface area contributed by atoms with E-state index >= 15 is 0 Å². The van der Waals surface area contributed by atoms with Crippen molar-refractivity contribution in [3.05, 3.63) is 0 Å². The molecule has 0 aliphatic carbocycles. The maximum absolute atomic E-state index is 10.6. The van der Waals surface area contributed by atoms with E-state index in [0.29, 0.717) is 12.1 Å². The molecule has 0 radical (unpaired) electrons. The lowest BCUT2D eigenvalue weighted by molar-refractivity contribution is 0.0995. The summed E-state index contributed by atoms with van der Waals surface area (Å²) in [5, 5.41) is 3.49. The molecule has 6 nitrogen and oxygen atoms in total. The van der Waals surface area contributed by atoms with E-state index in [1.165, 1.54) is 0 Å². The zero-order chi connectivity index (χ0) is 17.1. The fourth-order valence-electron chi connectivity index (χ4n) is 2.88. The minimum absolute atomic E-state index is 0.236. The van der Waals surface area contributed by atoms with E-state index in [4.69, 9.17) is 4.52 Å². The van der Waals surface area contributed by atoms with Gasteiger partial charge in [-0.05, 0) is 12.0 Å². The van der Waals surface area contributed by atoms with Gasteiger partial charge >= 0.3 is 8.69 Å². The van der Waals surface area contributed by atoms with Crippen molar-refractivity contribution in [2.24, 2.45) is 5.41 Å². The third kappa shape index (κ3) is 10.4. The SMILES string of the molecule is CCN1CCNCCN(COP=O)CCN(CC(C)(C)C)CC1. The van der Waals surface area contributed by atoms with Crippen molar-refractivity contribution in [3.8, 4) is 0 Å². The second-order valence-electron chi connectivity index (χ2n) is 7.47. The lowest BCUT2D eigenvalue weighted by atomic mass is 9.96. The first kappa shape index (κ1) is 20.9. The Bertz CT molecular complexity index is 326. The van der Waals surface area contributed by atoms with E-state index in [-0.39, 0.29) is 8.69 Å². The molecule has 0 unspecified atom stereocenters. The zero-order valence-electron chi connectivity index (χ0n) is 15.4. The standard InChI is InChI=1S/C16H35N4O2P/c1-5-18-8-6-17-7-9-20(15-22-23-21)13-12-19(11-10-18)14-16(2,3)4/h17H,5-15H2,1-4H3. The van der Waals surface area contributed by atoms with Crippen molar-refractivity contribution in [3.63, 3.8) is 0 Å². The Morgan fingerprint density at radius 3 is 2.09 bits per heavy atom. The number of hydrogen-bond acceptors (Lipinski definition) is 6. The van der Waals surface area contributed by atoms with E-state index < -0.39 is 0 Å². The van der Waals surface area contributed by atoms with Crippen molar-refractivity contribution in [2.45, 2.75) is 27.7 Å². The molecule has 1 aliphatic rings. The molecule has 0 aromatic rings. The lowest BCUT2D eigenvalue weighted by Crippen LogP contribution is -2.46. The first-order chi connectivity index (χ1) is 10.9. The zero-order valence-corrected chi connectivity index (χ0v) is 16.3. The maximum atomic E-state index is 10.6. The van der Waals surface area contributed by atoms with Gasteiger partial charge < -0.3 is 15.1 Å². The summed E-state index contributed by atoms with van der Waals surface area (Å²) in [5.74, 6) is 0. The van der Waals surface area contributed by atoms with Gasteiger partial charge in [-0.2, -0.15) is 0 Å². The maximum Gasteiger partial charge on any atom is 0.328 e. The monoisotopic (exact) mass is 346 g/mol. The summed E-state index contributed by atoms with van der Waals surface area (Å²) in [6.45, 7) is 19.9. The molecule has 0 bridgehead atoms. The van der Waals surface area contributed by atoms with Gasteiger partial charge in [-0.25, -0.2) is 4.57 Å². The van der Waals surface area contributed by atoms with Crippen molar-refractivity contribution in [2.75, 3.05) is 72.2 Å². The first-order valence-electron chi connectivity index (χ1n) is 8.77. The number of nitrogens with one attached hydrogen (secondary N) is 1. The molecule has 1 rings (SSSR count). The fraction of sp³-hybridized carbons (Fsp3) is 1.00. The summed E-state index contributed by atoms with van der Waals surface area (Å²) in [4.78, 5) is 7.30. The highest BCUT2D eigenvalue weighted by molar-refractivity contribution is 7.17. The third-order valence-electron chi connectivity index (χ3n) is 4.11. The van der Waals surface area contributed by atoms with Crippen LogP contribution in [0.5, 0.6) is 0 Å². The Labute approximate surface area is 143 Å². The van der Waals surface area contributed by atoms with E-state index in [2.05, 4.69) is 47.7 Å². The average molecular weight is 346 g/mol. The Morgan fingerprint density at radius 1 is 0.957 bits per heavy atom. The molecule has 0 aromatic heterocycles. The average Bonchev–Trinajstić information content (AvgIpc) is 2.48. The summed E-state index contributed by atoms with van der Waals surface area (Å²) in [5.41, 5.74) is 0.296. The minimum atomic E-state index is -0.236. The molecule has 1 fully saturated rings. The van der Waals surface area contributed by atoms with Crippen molar-refractivity contribution in [1.82, 2.24) is 20.0 Å². The van der Waals surface area contributed by atoms with Crippen LogP contribution >= 0.6 is 8.69 Å². The van der Waals surface area contributed by atoms with Crippen LogP contribution in [0, 0.1) is 5.41 Å². The topological polar surface area (TPSA) is 48.1 Å². The van der Waals surface area contributed by atoms with E-state index in [0.717, 1.165) is 65.4 Å². The molecule has 7 heteroatoms. The second-order valence-corrected chi connectivity index (χ2v) is 7.88.